The minimum atomic E-state index is -0.431. The van der Waals surface area contributed by atoms with Gasteiger partial charge in [0.2, 0.25) is 0 Å². The highest BCUT2D eigenvalue weighted by atomic mass is 19.1. The summed E-state index contributed by atoms with van der Waals surface area (Å²) in [5, 5.41) is 2.95. The molecule has 1 rings (SSSR count). The molecule has 0 aromatic heterocycles. The Hall–Kier alpha value is -1.62. The number of benzene rings is 1. The van der Waals surface area contributed by atoms with Gasteiger partial charge in [0.05, 0.1) is 20.1 Å². The average Bonchev–Trinajstić information content (AvgIpc) is 2.38. The molecule has 0 aliphatic heterocycles. The van der Waals surface area contributed by atoms with Crippen LogP contribution in [0.15, 0.2) is 18.2 Å². The van der Waals surface area contributed by atoms with E-state index >= 15 is 0 Å². The van der Waals surface area contributed by atoms with Gasteiger partial charge >= 0.3 is 5.97 Å². The van der Waals surface area contributed by atoms with Crippen molar-refractivity contribution in [3.8, 4) is 5.75 Å². The standard InChI is InChI=1S/C13H18FNO3/c1-4-18-12-6-5-9(7-10(12)14)11(15-2)8-13(16)17-3/h5-7,11,15H,4,8H2,1-3H3. The van der Waals surface area contributed by atoms with E-state index < -0.39 is 5.82 Å². The lowest BCUT2D eigenvalue weighted by molar-refractivity contribution is -0.141. The van der Waals surface area contributed by atoms with E-state index in [0.717, 1.165) is 0 Å². The van der Waals surface area contributed by atoms with E-state index in [1.54, 1.807) is 26.1 Å². The number of esters is 1. The van der Waals surface area contributed by atoms with Gasteiger partial charge in [0.15, 0.2) is 11.6 Å². The van der Waals surface area contributed by atoms with E-state index in [0.29, 0.717) is 12.2 Å². The largest absolute Gasteiger partial charge is 0.491 e. The third kappa shape index (κ3) is 3.70. The van der Waals surface area contributed by atoms with Crippen molar-refractivity contribution in [1.82, 2.24) is 5.32 Å². The molecule has 1 aromatic carbocycles. The molecule has 4 nitrogen and oxygen atoms in total. The van der Waals surface area contributed by atoms with Gasteiger partial charge in [0.1, 0.15) is 0 Å². The first-order chi connectivity index (χ1) is 8.62. The lowest BCUT2D eigenvalue weighted by atomic mass is 10.0. The van der Waals surface area contributed by atoms with Crippen LogP contribution in [-0.2, 0) is 9.53 Å². The summed E-state index contributed by atoms with van der Waals surface area (Å²) in [7, 11) is 3.04. The molecule has 1 atom stereocenters. The van der Waals surface area contributed by atoms with E-state index in [1.165, 1.54) is 13.2 Å². The molecule has 0 bridgehead atoms. The molecule has 18 heavy (non-hydrogen) atoms. The van der Waals surface area contributed by atoms with Crippen molar-refractivity contribution in [2.24, 2.45) is 0 Å². The molecule has 1 aromatic rings. The molecular formula is C13H18FNO3. The number of methoxy groups -OCH3 is 1. The van der Waals surface area contributed by atoms with Crippen molar-refractivity contribution in [3.05, 3.63) is 29.6 Å². The maximum Gasteiger partial charge on any atom is 0.307 e. The van der Waals surface area contributed by atoms with Crippen LogP contribution < -0.4 is 10.1 Å². The Labute approximate surface area is 106 Å². The van der Waals surface area contributed by atoms with E-state index in [1.807, 2.05) is 0 Å². The van der Waals surface area contributed by atoms with Gasteiger partial charge in [-0.1, -0.05) is 6.07 Å². The molecule has 0 aliphatic carbocycles. The number of halogens is 1. The number of carbonyl (C=O) groups excluding carboxylic acids is 1. The lowest BCUT2D eigenvalue weighted by Crippen LogP contribution is -2.20. The summed E-state index contributed by atoms with van der Waals surface area (Å²) in [6.07, 6.45) is 0.153. The van der Waals surface area contributed by atoms with E-state index in [-0.39, 0.29) is 24.2 Å². The first-order valence-corrected chi connectivity index (χ1v) is 5.78. The number of rotatable bonds is 6. The molecule has 0 saturated carbocycles. The zero-order valence-electron chi connectivity index (χ0n) is 10.8. The van der Waals surface area contributed by atoms with Gasteiger partial charge in [-0.2, -0.15) is 0 Å². The maximum atomic E-state index is 13.7. The molecule has 0 radical (unpaired) electrons. The third-order valence-corrected chi connectivity index (χ3v) is 2.61. The number of nitrogens with one attached hydrogen (secondary N) is 1. The molecule has 100 valence electrons. The van der Waals surface area contributed by atoms with E-state index in [2.05, 4.69) is 10.1 Å². The first kappa shape index (κ1) is 14.4. The topological polar surface area (TPSA) is 47.6 Å². The molecule has 0 spiro atoms. The fourth-order valence-electron chi connectivity index (χ4n) is 1.64. The minimum Gasteiger partial charge on any atom is -0.491 e. The number of carbonyl (C=O) groups is 1. The van der Waals surface area contributed by atoms with Crippen LogP contribution in [-0.4, -0.2) is 26.7 Å². The van der Waals surface area contributed by atoms with Crippen LogP contribution in [0.2, 0.25) is 0 Å². The highest BCUT2D eigenvalue weighted by molar-refractivity contribution is 5.70. The fraction of sp³-hybridized carbons (Fsp3) is 0.462. The zero-order chi connectivity index (χ0) is 13.5. The highest BCUT2D eigenvalue weighted by Gasteiger charge is 2.16. The van der Waals surface area contributed by atoms with Crippen LogP contribution in [0.3, 0.4) is 0 Å². The quantitative estimate of drug-likeness (QED) is 0.790. The van der Waals surface area contributed by atoms with Gasteiger partial charge < -0.3 is 14.8 Å². The summed E-state index contributed by atoms with van der Waals surface area (Å²) in [5.74, 6) is -0.558. The Morgan fingerprint density at radius 2 is 2.22 bits per heavy atom. The number of hydrogen-bond donors (Lipinski definition) is 1. The van der Waals surface area contributed by atoms with Gasteiger partial charge in [-0.25, -0.2) is 4.39 Å². The Morgan fingerprint density at radius 3 is 2.72 bits per heavy atom. The summed E-state index contributed by atoms with van der Waals surface area (Å²) < 4.78 is 23.4. The van der Waals surface area contributed by atoms with Gasteiger partial charge in [-0.15, -0.1) is 0 Å². The lowest BCUT2D eigenvalue weighted by Gasteiger charge is -2.16. The zero-order valence-corrected chi connectivity index (χ0v) is 10.8. The monoisotopic (exact) mass is 255 g/mol. The summed E-state index contributed by atoms with van der Waals surface area (Å²) in [6, 6.07) is 4.39. The molecule has 5 heteroatoms. The Balaban J connectivity index is 2.86. The van der Waals surface area contributed by atoms with Crippen LogP contribution in [0.25, 0.3) is 0 Å². The summed E-state index contributed by atoms with van der Waals surface area (Å²) in [4.78, 5) is 11.2. The summed E-state index contributed by atoms with van der Waals surface area (Å²) in [6.45, 7) is 2.20. The predicted octanol–water partition coefficient (Wildman–Crippen LogP) is 2.05. The van der Waals surface area contributed by atoms with Gasteiger partial charge in [0, 0.05) is 6.04 Å². The second-order valence-corrected chi connectivity index (χ2v) is 3.74. The Morgan fingerprint density at radius 1 is 1.50 bits per heavy atom. The molecule has 1 N–H and O–H groups in total. The van der Waals surface area contributed by atoms with Crippen molar-refractivity contribution in [2.75, 3.05) is 20.8 Å². The predicted molar refractivity (Wildman–Crippen MR) is 66.0 cm³/mol. The molecule has 1 unspecified atom stereocenters. The van der Waals surface area contributed by atoms with Crippen molar-refractivity contribution < 1.29 is 18.7 Å². The third-order valence-electron chi connectivity index (χ3n) is 2.61. The Kier molecular flexibility index (Phi) is 5.58. The first-order valence-electron chi connectivity index (χ1n) is 5.78. The van der Waals surface area contributed by atoms with Crippen LogP contribution >= 0.6 is 0 Å². The fourth-order valence-corrected chi connectivity index (χ4v) is 1.64. The van der Waals surface area contributed by atoms with E-state index in [4.69, 9.17) is 4.74 Å². The van der Waals surface area contributed by atoms with Gasteiger partial charge in [-0.05, 0) is 31.7 Å². The van der Waals surface area contributed by atoms with E-state index in [9.17, 15) is 9.18 Å². The molecule has 0 saturated heterocycles. The molecule has 0 heterocycles. The Bertz CT molecular complexity index is 409. The number of hydrogen-bond acceptors (Lipinski definition) is 4. The summed E-state index contributed by atoms with van der Waals surface area (Å²) >= 11 is 0. The van der Waals surface area contributed by atoms with Crippen molar-refractivity contribution in [3.63, 3.8) is 0 Å². The van der Waals surface area contributed by atoms with Crippen LogP contribution in [0, 0.1) is 5.82 Å². The summed E-state index contributed by atoms with van der Waals surface area (Å²) in [5.41, 5.74) is 0.684. The average molecular weight is 255 g/mol. The maximum absolute atomic E-state index is 13.7. The molecule has 0 aliphatic rings. The second kappa shape index (κ2) is 6.96. The SMILES string of the molecule is CCOc1ccc(C(CC(=O)OC)NC)cc1F. The van der Waals surface area contributed by atoms with Crippen molar-refractivity contribution in [1.29, 1.82) is 0 Å². The highest BCUT2D eigenvalue weighted by Crippen LogP contribution is 2.24. The van der Waals surface area contributed by atoms with Crippen LogP contribution in [0.1, 0.15) is 24.9 Å². The van der Waals surface area contributed by atoms with Gasteiger partial charge in [0.25, 0.3) is 0 Å². The van der Waals surface area contributed by atoms with Crippen molar-refractivity contribution >= 4 is 5.97 Å². The van der Waals surface area contributed by atoms with Crippen LogP contribution in [0.4, 0.5) is 4.39 Å². The molecular weight excluding hydrogens is 237 g/mol. The minimum absolute atomic E-state index is 0.153. The normalized spacial score (nSPS) is 12.0. The second-order valence-electron chi connectivity index (χ2n) is 3.74. The molecule has 0 fully saturated rings. The van der Waals surface area contributed by atoms with Crippen LogP contribution in [0.5, 0.6) is 5.75 Å². The smallest absolute Gasteiger partial charge is 0.307 e. The number of ether oxygens (including phenoxy) is 2. The van der Waals surface area contributed by atoms with Gasteiger partial charge in [-0.3, -0.25) is 4.79 Å². The van der Waals surface area contributed by atoms with Crippen molar-refractivity contribution in [2.45, 2.75) is 19.4 Å². The molecule has 0 amide bonds.